The van der Waals surface area contributed by atoms with E-state index in [9.17, 15) is 5.11 Å². The number of aliphatic hydroxyl groups is 1. The molecule has 0 radical (unpaired) electrons. The Morgan fingerprint density at radius 1 is 1.03 bits per heavy atom. The van der Waals surface area contributed by atoms with Crippen LogP contribution in [-0.4, -0.2) is 64.3 Å². The van der Waals surface area contributed by atoms with E-state index in [1.54, 1.807) is 31.3 Å². The average Bonchev–Trinajstić information content (AvgIpc) is 3.36. The molecule has 0 atom stereocenters. The van der Waals surface area contributed by atoms with Crippen molar-refractivity contribution in [2.24, 2.45) is 7.05 Å². The molecule has 1 saturated heterocycles. The molecule has 1 aliphatic rings. The number of hydrogen-bond acceptors (Lipinski definition) is 8. The number of methoxy groups -OCH3 is 2. The van der Waals surface area contributed by atoms with Crippen molar-refractivity contribution in [3.8, 4) is 34.6 Å². The van der Waals surface area contributed by atoms with Crippen molar-refractivity contribution >= 4 is 22.4 Å². The lowest BCUT2D eigenvalue weighted by molar-refractivity contribution is 0.0679. The number of fused-ring (bicyclic) bond motifs is 1. The molecule has 37 heavy (non-hydrogen) atoms. The molecule has 9 heteroatoms. The lowest BCUT2D eigenvalue weighted by Gasteiger charge is -2.28. The van der Waals surface area contributed by atoms with E-state index in [-0.39, 0.29) is 0 Å². The third-order valence-corrected chi connectivity index (χ3v) is 6.47. The van der Waals surface area contributed by atoms with Crippen LogP contribution < -0.4 is 19.7 Å². The predicted octanol–water partition coefficient (Wildman–Crippen LogP) is 3.30. The quantitative estimate of drug-likeness (QED) is 0.391. The van der Waals surface area contributed by atoms with Crippen molar-refractivity contribution in [1.29, 1.82) is 0 Å². The van der Waals surface area contributed by atoms with Crippen molar-refractivity contribution in [1.82, 2.24) is 25.1 Å². The van der Waals surface area contributed by atoms with Crippen LogP contribution in [-0.2, 0) is 7.05 Å². The van der Waals surface area contributed by atoms with Crippen LogP contribution in [0.4, 0.5) is 11.4 Å². The number of anilines is 2. The van der Waals surface area contributed by atoms with E-state index in [0.717, 1.165) is 46.8 Å². The van der Waals surface area contributed by atoms with E-state index in [2.05, 4.69) is 32.1 Å². The van der Waals surface area contributed by atoms with Crippen LogP contribution in [0.15, 0.2) is 55.0 Å². The first kappa shape index (κ1) is 24.6. The van der Waals surface area contributed by atoms with Crippen LogP contribution in [0.1, 0.15) is 12.8 Å². The first-order valence-corrected chi connectivity index (χ1v) is 12.2. The summed E-state index contributed by atoms with van der Waals surface area (Å²) in [5, 5.41) is 18.4. The molecule has 3 heterocycles. The fraction of sp³-hybridized carbons (Fsp3) is 0.321. The molecule has 0 aliphatic carbocycles. The molecule has 9 nitrogen and oxygen atoms in total. The van der Waals surface area contributed by atoms with Gasteiger partial charge in [0, 0.05) is 48.4 Å². The van der Waals surface area contributed by atoms with Gasteiger partial charge in [0.15, 0.2) is 0 Å². The van der Waals surface area contributed by atoms with Gasteiger partial charge in [-0.3, -0.25) is 9.67 Å². The molecule has 0 bridgehead atoms. The third-order valence-electron chi connectivity index (χ3n) is 6.47. The Hall–Kier alpha value is -4.13. The number of nitrogens with zero attached hydrogens (tertiary/aromatic N) is 5. The molecule has 2 N–H and O–H groups in total. The van der Waals surface area contributed by atoms with E-state index in [1.165, 1.54) is 0 Å². The van der Waals surface area contributed by atoms with Crippen molar-refractivity contribution in [3.05, 3.63) is 55.0 Å². The number of nitrogens with one attached hydrogen (secondary N) is 1. The summed E-state index contributed by atoms with van der Waals surface area (Å²) in [5.41, 5.74) is 3.94. The van der Waals surface area contributed by atoms with Crippen molar-refractivity contribution in [2.75, 3.05) is 38.8 Å². The summed E-state index contributed by atoms with van der Waals surface area (Å²) in [4.78, 5) is 11.5. The van der Waals surface area contributed by atoms with Crippen LogP contribution in [0.3, 0.4) is 0 Å². The Bertz CT molecular complexity index is 1440. The Morgan fingerprint density at radius 3 is 2.46 bits per heavy atom. The summed E-state index contributed by atoms with van der Waals surface area (Å²) in [5.74, 6) is 7.68. The lowest BCUT2D eigenvalue weighted by Crippen LogP contribution is -2.40. The first-order chi connectivity index (χ1) is 18.0. The average molecular weight is 499 g/mol. The van der Waals surface area contributed by atoms with Crippen molar-refractivity contribution in [3.63, 3.8) is 0 Å². The molecule has 2 aromatic heterocycles. The van der Waals surface area contributed by atoms with E-state index in [4.69, 9.17) is 14.5 Å². The number of aryl methyl sites for hydroxylation is 1. The van der Waals surface area contributed by atoms with Crippen LogP contribution in [0.25, 0.3) is 22.3 Å². The Balaban J connectivity index is 1.56. The summed E-state index contributed by atoms with van der Waals surface area (Å²) in [7, 11) is 5.12. The standard InChI is InChI=1S/C28H30N6O3/c1-33-19-20(17-31-33)27-18-30-25-6-5-21(15-26(25)32-27)34(12-4-7-28(35)8-10-29-11-9-28)22-13-23(36-2)16-24(14-22)37-3/h5-6,13-19,29,35H,8-12H2,1-3H3. The van der Waals surface area contributed by atoms with Crippen molar-refractivity contribution < 1.29 is 14.6 Å². The fourth-order valence-electron chi connectivity index (χ4n) is 4.39. The zero-order valence-electron chi connectivity index (χ0n) is 21.2. The monoisotopic (exact) mass is 498 g/mol. The minimum Gasteiger partial charge on any atom is -0.497 e. The summed E-state index contributed by atoms with van der Waals surface area (Å²) < 4.78 is 12.8. The largest absolute Gasteiger partial charge is 0.497 e. The van der Waals surface area contributed by atoms with Gasteiger partial charge < -0.3 is 24.8 Å². The van der Waals surface area contributed by atoms with E-state index >= 15 is 0 Å². The molecule has 2 aromatic carbocycles. The Kier molecular flexibility index (Phi) is 6.95. The second-order valence-corrected chi connectivity index (χ2v) is 9.07. The molecule has 0 saturated carbocycles. The van der Waals surface area contributed by atoms with Gasteiger partial charge in [0.2, 0.25) is 0 Å². The second kappa shape index (κ2) is 10.5. The molecule has 0 amide bonds. The number of benzene rings is 2. The number of rotatable bonds is 6. The highest BCUT2D eigenvalue weighted by Gasteiger charge is 2.26. The van der Waals surface area contributed by atoms with Gasteiger partial charge in [0.1, 0.15) is 17.1 Å². The summed E-state index contributed by atoms with van der Waals surface area (Å²) in [6, 6.07) is 11.6. The molecule has 1 aliphatic heterocycles. The number of aromatic nitrogens is 4. The Labute approximate surface area is 216 Å². The van der Waals surface area contributed by atoms with Gasteiger partial charge in [-0.25, -0.2) is 4.98 Å². The highest BCUT2D eigenvalue weighted by molar-refractivity contribution is 5.83. The van der Waals surface area contributed by atoms with Crippen molar-refractivity contribution in [2.45, 2.75) is 18.4 Å². The maximum absolute atomic E-state index is 10.9. The summed E-state index contributed by atoms with van der Waals surface area (Å²) >= 11 is 0. The van der Waals surface area contributed by atoms with Crippen LogP contribution >= 0.6 is 0 Å². The Morgan fingerprint density at radius 2 is 1.78 bits per heavy atom. The van der Waals surface area contributed by atoms with Gasteiger partial charge in [0.05, 0.1) is 49.9 Å². The van der Waals surface area contributed by atoms with Crippen LogP contribution in [0.2, 0.25) is 0 Å². The summed E-state index contributed by atoms with van der Waals surface area (Å²) in [6.45, 7) is 1.86. The normalized spacial score (nSPS) is 14.6. The second-order valence-electron chi connectivity index (χ2n) is 9.07. The zero-order valence-corrected chi connectivity index (χ0v) is 21.2. The van der Waals surface area contributed by atoms with Gasteiger partial charge in [-0.1, -0.05) is 11.8 Å². The minimum absolute atomic E-state index is 0.354. The maximum atomic E-state index is 10.9. The topological polar surface area (TPSA) is 97.6 Å². The van der Waals surface area contributed by atoms with Gasteiger partial charge in [-0.15, -0.1) is 0 Å². The molecular formula is C28H30N6O3. The molecule has 0 unspecified atom stereocenters. The SMILES string of the molecule is COc1cc(OC)cc(N(CC#CC2(O)CCNCC2)c2ccc3ncc(-c4cnn(C)c4)nc3c2)c1. The maximum Gasteiger partial charge on any atom is 0.128 e. The van der Waals surface area contributed by atoms with Gasteiger partial charge in [0.25, 0.3) is 0 Å². The number of piperidine rings is 1. The number of hydrogen-bond donors (Lipinski definition) is 2. The zero-order chi connectivity index (χ0) is 25.8. The van der Waals surface area contributed by atoms with E-state index in [1.807, 2.05) is 49.6 Å². The van der Waals surface area contributed by atoms with E-state index in [0.29, 0.717) is 30.9 Å². The smallest absolute Gasteiger partial charge is 0.128 e. The molecule has 190 valence electrons. The van der Waals surface area contributed by atoms with Crippen LogP contribution in [0, 0.1) is 11.8 Å². The fourth-order valence-corrected chi connectivity index (χ4v) is 4.39. The molecule has 4 aromatic rings. The summed E-state index contributed by atoms with van der Waals surface area (Å²) in [6.07, 6.45) is 6.66. The first-order valence-electron chi connectivity index (χ1n) is 12.2. The third kappa shape index (κ3) is 5.50. The lowest BCUT2D eigenvalue weighted by atomic mass is 9.93. The number of ether oxygens (including phenoxy) is 2. The molecule has 5 rings (SSSR count). The van der Waals surface area contributed by atoms with Gasteiger partial charge in [-0.05, 0) is 44.1 Å². The van der Waals surface area contributed by atoms with Gasteiger partial charge in [-0.2, -0.15) is 5.10 Å². The molecular weight excluding hydrogens is 468 g/mol. The predicted molar refractivity (Wildman–Crippen MR) is 143 cm³/mol. The van der Waals surface area contributed by atoms with Gasteiger partial charge >= 0.3 is 0 Å². The van der Waals surface area contributed by atoms with Crippen LogP contribution in [0.5, 0.6) is 11.5 Å². The van der Waals surface area contributed by atoms with E-state index < -0.39 is 5.60 Å². The minimum atomic E-state index is -0.976. The molecule has 1 fully saturated rings. The highest BCUT2D eigenvalue weighted by Crippen LogP contribution is 2.34. The molecule has 0 spiro atoms. The highest BCUT2D eigenvalue weighted by atomic mass is 16.5.